The number of fused-ring (bicyclic) bond motifs is 15. The van der Waals surface area contributed by atoms with Crippen molar-refractivity contribution in [3.8, 4) is 16.8 Å². The largest absolute Gasteiger partial charge is 0.310 e. The van der Waals surface area contributed by atoms with Crippen LogP contribution in [-0.4, -0.2) is 4.57 Å². The minimum absolute atomic E-state index is 0.346. The van der Waals surface area contributed by atoms with E-state index in [0.717, 1.165) is 22.7 Å². The lowest BCUT2D eigenvalue weighted by Crippen LogP contribution is -2.29. The smallest absolute Gasteiger partial charge is 0.0697 e. The Kier molecular flexibility index (Phi) is 5.91. The molecule has 1 heterocycles. The van der Waals surface area contributed by atoms with Crippen molar-refractivity contribution in [2.24, 2.45) is 5.92 Å². The maximum atomic E-state index is 2.57. The molecule has 0 radical (unpaired) electrons. The van der Waals surface area contributed by atoms with E-state index in [-0.39, 0.29) is 5.41 Å². The molecule has 260 valence electrons. The molecule has 1 spiro atoms. The zero-order chi connectivity index (χ0) is 36.5. The first kappa shape index (κ1) is 30.2. The quantitative estimate of drug-likeness (QED) is 0.177. The molecule has 0 bridgehead atoms. The third-order valence-corrected chi connectivity index (χ3v) is 12.9. The van der Waals surface area contributed by atoms with E-state index >= 15 is 0 Å². The minimum Gasteiger partial charge on any atom is -0.310 e. The Labute approximate surface area is 325 Å². The molecule has 2 nitrogen and oxygen atoms in total. The molecule has 0 aliphatic heterocycles. The average molecular weight is 711 g/mol. The number of aromatic nitrogens is 1. The molecule has 56 heavy (non-hydrogen) atoms. The number of hydrogen-bond acceptors (Lipinski definition) is 1. The zero-order valence-corrected chi connectivity index (χ0v) is 30.5. The number of rotatable bonds is 4. The van der Waals surface area contributed by atoms with Crippen molar-refractivity contribution in [1.82, 2.24) is 4.57 Å². The van der Waals surface area contributed by atoms with E-state index in [9.17, 15) is 0 Å². The Morgan fingerprint density at radius 2 is 1.11 bits per heavy atom. The lowest BCUT2D eigenvalue weighted by atomic mass is 9.67. The highest BCUT2D eigenvalue weighted by atomic mass is 15.1. The first-order valence-electron chi connectivity index (χ1n) is 19.6. The molecule has 4 aliphatic rings. The minimum atomic E-state index is -0.346. The Balaban J connectivity index is 1.11. The van der Waals surface area contributed by atoms with Crippen LogP contribution in [0.25, 0.3) is 55.0 Å². The van der Waals surface area contributed by atoms with E-state index < -0.39 is 0 Å². The molecule has 0 amide bonds. The number of anilines is 3. The van der Waals surface area contributed by atoms with Gasteiger partial charge in [-0.25, -0.2) is 0 Å². The zero-order valence-electron chi connectivity index (χ0n) is 30.5. The Morgan fingerprint density at radius 3 is 1.95 bits per heavy atom. The van der Waals surface area contributed by atoms with Crippen LogP contribution in [0.2, 0.25) is 0 Å². The third kappa shape index (κ3) is 3.90. The van der Waals surface area contributed by atoms with Gasteiger partial charge in [0.05, 0.1) is 16.4 Å². The second-order valence-corrected chi connectivity index (χ2v) is 15.6. The number of allylic oxidation sites excluding steroid dienone is 6. The fourth-order valence-electron chi connectivity index (χ4n) is 10.5. The van der Waals surface area contributed by atoms with Crippen molar-refractivity contribution in [1.29, 1.82) is 0 Å². The van der Waals surface area contributed by atoms with E-state index in [4.69, 9.17) is 0 Å². The fourth-order valence-corrected chi connectivity index (χ4v) is 10.5. The molecule has 2 atom stereocenters. The molecular weight excluding hydrogens is 677 g/mol. The molecule has 2 heteroatoms. The maximum absolute atomic E-state index is 2.57. The van der Waals surface area contributed by atoms with E-state index in [0.29, 0.717) is 5.92 Å². The summed E-state index contributed by atoms with van der Waals surface area (Å²) in [5.74, 6) is 0.379. The van der Waals surface area contributed by atoms with E-state index in [1.165, 1.54) is 82.7 Å². The van der Waals surface area contributed by atoms with Crippen LogP contribution < -0.4 is 4.90 Å². The summed E-state index contributed by atoms with van der Waals surface area (Å²) in [5, 5.41) is 4.99. The summed E-state index contributed by atoms with van der Waals surface area (Å²) in [6.45, 7) is 0. The number of benzene rings is 8. The van der Waals surface area contributed by atoms with Crippen molar-refractivity contribution < 1.29 is 0 Å². The van der Waals surface area contributed by atoms with Gasteiger partial charge < -0.3 is 9.47 Å². The van der Waals surface area contributed by atoms with Gasteiger partial charge in [0.2, 0.25) is 0 Å². The Morgan fingerprint density at radius 1 is 0.446 bits per heavy atom. The summed E-state index contributed by atoms with van der Waals surface area (Å²) in [5.41, 5.74) is 19.2. The second kappa shape index (κ2) is 11.0. The highest BCUT2D eigenvalue weighted by Crippen LogP contribution is 2.67. The number of nitrogens with zero attached hydrogens (tertiary/aromatic N) is 2. The normalized spacial score (nSPS) is 18.2. The summed E-state index contributed by atoms with van der Waals surface area (Å²) in [6, 6.07) is 67.6. The molecule has 1 aromatic heterocycles. The topological polar surface area (TPSA) is 8.17 Å². The molecule has 2 unspecified atom stereocenters. The van der Waals surface area contributed by atoms with Gasteiger partial charge in [0.25, 0.3) is 0 Å². The molecule has 0 N–H and O–H groups in total. The van der Waals surface area contributed by atoms with Crippen LogP contribution in [0.15, 0.2) is 211 Å². The highest BCUT2D eigenvalue weighted by molar-refractivity contribution is 6.13. The van der Waals surface area contributed by atoms with Gasteiger partial charge in [0.15, 0.2) is 0 Å². The van der Waals surface area contributed by atoms with Crippen LogP contribution in [0, 0.1) is 5.92 Å². The summed E-state index contributed by atoms with van der Waals surface area (Å²) in [6.07, 6.45) is 7.18. The van der Waals surface area contributed by atoms with Gasteiger partial charge >= 0.3 is 0 Å². The first-order chi connectivity index (χ1) is 27.8. The van der Waals surface area contributed by atoms with Crippen molar-refractivity contribution in [2.75, 3.05) is 4.90 Å². The second-order valence-electron chi connectivity index (χ2n) is 15.6. The monoisotopic (exact) mass is 710 g/mol. The van der Waals surface area contributed by atoms with Crippen LogP contribution in [0.4, 0.5) is 17.1 Å². The van der Waals surface area contributed by atoms with Crippen molar-refractivity contribution in [2.45, 2.75) is 5.41 Å². The molecular formula is C54H34N2. The molecule has 8 aromatic carbocycles. The molecule has 0 saturated heterocycles. The van der Waals surface area contributed by atoms with Crippen LogP contribution >= 0.6 is 0 Å². The van der Waals surface area contributed by atoms with Gasteiger partial charge in [-0.1, -0.05) is 140 Å². The summed E-state index contributed by atoms with van der Waals surface area (Å²) < 4.78 is 2.49. The van der Waals surface area contributed by atoms with E-state index in [2.05, 4.69) is 210 Å². The molecule has 0 fully saturated rings. The van der Waals surface area contributed by atoms with Gasteiger partial charge in [-0.3, -0.25) is 0 Å². The predicted octanol–water partition coefficient (Wildman–Crippen LogP) is 13.6. The van der Waals surface area contributed by atoms with Crippen LogP contribution in [-0.2, 0) is 5.41 Å². The summed E-state index contributed by atoms with van der Waals surface area (Å²) in [4.78, 5) is 2.39. The van der Waals surface area contributed by atoms with Gasteiger partial charge in [-0.2, -0.15) is 0 Å². The van der Waals surface area contributed by atoms with Crippen molar-refractivity contribution >= 4 is 55.2 Å². The van der Waals surface area contributed by atoms with Crippen LogP contribution in [0.5, 0.6) is 0 Å². The molecule has 9 aromatic rings. The van der Waals surface area contributed by atoms with E-state index in [1.807, 2.05) is 0 Å². The summed E-state index contributed by atoms with van der Waals surface area (Å²) >= 11 is 0. The molecule has 13 rings (SSSR count). The molecule has 4 aliphatic carbocycles. The average Bonchev–Trinajstić information content (AvgIpc) is 3.81. The van der Waals surface area contributed by atoms with Crippen LogP contribution in [0.3, 0.4) is 0 Å². The lowest BCUT2D eigenvalue weighted by molar-refractivity contribution is 0.720. The summed E-state index contributed by atoms with van der Waals surface area (Å²) in [7, 11) is 0. The fraction of sp³-hybridized carbons (Fsp3) is 0.0370. The van der Waals surface area contributed by atoms with Gasteiger partial charge in [0.1, 0.15) is 0 Å². The van der Waals surface area contributed by atoms with Gasteiger partial charge in [0, 0.05) is 39.4 Å². The lowest BCUT2D eigenvalue weighted by Gasteiger charge is -2.34. The standard InChI is InChI=1S/C54H34N2/c1-3-15-37(16-4-1)55(39-25-23-34-13-7-8-14-35(34)29-39)40-26-28-43-47-32-50-46(33-52(47)56(51(43)31-40)38-17-5-2-6-18-38)42-20-10-12-22-49(42)54(50)48-21-11-9-19-41(48)44-27-24-36-30-45(36)53(44)54/h1-33,45H. The molecule has 0 saturated carbocycles. The Hall–Kier alpha value is -7.16. The number of hydrogen-bond donors (Lipinski definition) is 0. The van der Waals surface area contributed by atoms with Gasteiger partial charge in [-0.15, -0.1) is 0 Å². The predicted molar refractivity (Wildman–Crippen MR) is 232 cm³/mol. The van der Waals surface area contributed by atoms with Crippen molar-refractivity contribution in [3.63, 3.8) is 0 Å². The number of para-hydroxylation sites is 2. The van der Waals surface area contributed by atoms with Gasteiger partial charge in [-0.05, 0) is 122 Å². The first-order valence-corrected chi connectivity index (χ1v) is 19.6. The van der Waals surface area contributed by atoms with Crippen molar-refractivity contribution in [3.05, 3.63) is 234 Å². The highest BCUT2D eigenvalue weighted by Gasteiger charge is 2.57. The SMILES string of the molecule is C1=CC2=C(C3C=C13)C1(c3ccccc32)c2ccccc2-c2cc3c(cc21)c1ccc(N(c2ccccc2)c2ccc4ccccc4c2)cc1n3-c1ccccc1. The third-order valence-electron chi connectivity index (χ3n) is 12.9. The van der Waals surface area contributed by atoms with Crippen LogP contribution in [0.1, 0.15) is 22.3 Å². The Bertz CT molecular complexity index is 3250. The van der Waals surface area contributed by atoms with E-state index in [1.54, 1.807) is 0 Å². The maximum Gasteiger partial charge on any atom is 0.0697 e.